The number of likely N-dealkylation sites (tertiary alicyclic amines) is 1. The van der Waals surface area contributed by atoms with Crippen molar-refractivity contribution in [1.29, 1.82) is 0 Å². The lowest BCUT2D eigenvalue weighted by Gasteiger charge is -2.38. The first-order valence-electron chi connectivity index (χ1n) is 7.77. The maximum absolute atomic E-state index is 12.9. The highest BCUT2D eigenvalue weighted by atomic mass is 16.7. The largest absolute Gasteiger partial charge is 0.348 e. The van der Waals surface area contributed by atoms with Gasteiger partial charge in [-0.3, -0.25) is 4.79 Å². The van der Waals surface area contributed by atoms with Gasteiger partial charge in [-0.1, -0.05) is 17.2 Å². The van der Waals surface area contributed by atoms with Gasteiger partial charge in [-0.2, -0.15) is 0 Å². The molecule has 0 aromatic heterocycles. The zero-order chi connectivity index (χ0) is 14.8. The summed E-state index contributed by atoms with van der Waals surface area (Å²) in [6.07, 6.45) is 2.89. The molecule has 0 aliphatic carbocycles. The van der Waals surface area contributed by atoms with Gasteiger partial charge >= 0.3 is 0 Å². The average Bonchev–Trinajstić information content (AvgIpc) is 2.99. The Bertz CT molecular complexity index is 503. The first-order chi connectivity index (χ1) is 10.1. The SMILES string of the molecule is Cc1cc(C)cc(C(=O)N2CCCCC2C2OCCO2)c1. The fourth-order valence-corrected chi connectivity index (χ4v) is 3.36. The minimum Gasteiger partial charge on any atom is -0.348 e. The van der Waals surface area contributed by atoms with Crippen molar-refractivity contribution in [1.82, 2.24) is 4.90 Å². The Morgan fingerprint density at radius 1 is 1.10 bits per heavy atom. The second-order valence-corrected chi connectivity index (χ2v) is 6.05. The minimum atomic E-state index is -0.250. The molecule has 21 heavy (non-hydrogen) atoms. The summed E-state index contributed by atoms with van der Waals surface area (Å²) >= 11 is 0. The van der Waals surface area contributed by atoms with Gasteiger partial charge in [-0.05, 0) is 45.2 Å². The van der Waals surface area contributed by atoms with E-state index in [0.717, 1.165) is 42.5 Å². The smallest absolute Gasteiger partial charge is 0.254 e. The summed E-state index contributed by atoms with van der Waals surface area (Å²) in [5.41, 5.74) is 3.03. The molecule has 1 aromatic carbocycles. The zero-order valence-corrected chi connectivity index (χ0v) is 12.8. The first-order valence-corrected chi connectivity index (χ1v) is 7.77. The number of hydrogen-bond donors (Lipinski definition) is 0. The van der Waals surface area contributed by atoms with Crippen molar-refractivity contribution in [3.05, 3.63) is 34.9 Å². The predicted molar refractivity (Wildman–Crippen MR) is 80.3 cm³/mol. The summed E-state index contributed by atoms with van der Waals surface area (Å²) < 4.78 is 11.3. The van der Waals surface area contributed by atoms with Crippen molar-refractivity contribution in [2.24, 2.45) is 0 Å². The molecule has 0 radical (unpaired) electrons. The third-order valence-corrected chi connectivity index (χ3v) is 4.24. The number of aryl methyl sites for hydroxylation is 2. The maximum atomic E-state index is 12.9. The van der Waals surface area contributed by atoms with Gasteiger partial charge in [0.1, 0.15) is 0 Å². The summed E-state index contributed by atoms with van der Waals surface area (Å²) in [6.45, 7) is 6.11. The topological polar surface area (TPSA) is 38.8 Å². The minimum absolute atomic E-state index is 0.0505. The van der Waals surface area contributed by atoms with Crippen molar-refractivity contribution >= 4 is 5.91 Å². The number of rotatable bonds is 2. The molecule has 0 spiro atoms. The van der Waals surface area contributed by atoms with Crippen molar-refractivity contribution in [2.45, 2.75) is 45.4 Å². The van der Waals surface area contributed by atoms with Gasteiger partial charge in [0.25, 0.3) is 5.91 Å². The molecule has 2 fully saturated rings. The molecular formula is C17H23NO3. The number of carbonyl (C=O) groups excluding carboxylic acids is 1. The van der Waals surface area contributed by atoms with E-state index in [-0.39, 0.29) is 18.2 Å². The summed E-state index contributed by atoms with van der Waals surface area (Å²) in [7, 11) is 0. The molecule has 1 atom stereocenters. The molecule has 4 nitrogen and oxygen atoms in total. The highest BCUT2D eigenvalue weighted by molar-refractivity contribution is 5.95. The molecule has 0 bridgehead atoms. The van der Waals surface area contributed by atoms with Crippen molar-refractivity contribution < 1.29 is 14.3 Å². The summed E-state index contributed by atoms with van der Waals surface area (Å²) in [6, 6.07) is 6.08. The van der Waals surface area contributed by atoms with Crippen molar-refractivity contribution in [3.8, 4) is 0 Å². The Balaban J connectivity index is 1.83. The number of amides is 1. The zero-order valence-electron chi connectivity index (χ0n) is 12.8. The first kappa shape index (κ1) is 14.5. The normalized spacial score (nSPS) is 23.5. The van der Waals surface area contributed by atoms with E-state index in [4.69, 9.17) is 9.47 Å². The van der Waals surface area contributed by atoms with Crippen LogP contribution >= 0.6 is 0 Å². The van der Waals surface area contributed by atoms with Crippen LogP contribution in [0.1, 0.15) is 40.7 Å². The fourth-order valence-electron chi connectivity index (χ4n) is 3.36. The van der Waals surface area contributed by atoms with Crippen LogP contribution in [0.4, 0.5) is 0 Å². The molecule has 1 unspecified atom stereocenters. The molecule has 1 aromatic rings. The van der Waals surface area contributed by atoms with Gasteiger partial charge in [-0.25, -0.2) is 0 Å². The molecule has 1 amide bonds. The monoisotopic (exact) mass is 289 g/mol. The van der Waals surface area contributed by atoms with Gasteiger partial charge in [0.2, 0.25) is 0 Å². The van der Waals surface area contributed by atoms with Crippen LogP contribution in [-0.2, 0) is 9.47 Å². The number of ether oxygens (including phenoxy) is 2. The molecule has 2 heterocycles. The maximum Gasteiger partial charge on any atom is 0.254 e. The van der Waals surface area contributed by atoms with E-state index >= 15 is 0 Å². The number of nitrogens with zero attached hydrogens (tertiary/aromatic N) is 1. The summed E-state index contributed by atoms with van der Waals surface area (Å²) in [5, 5.41) is 0. The van der Waals surface area contributed by atoms with Gasteiger partial charge in [0.15, 0.2) is 6.29 Å². The lowest BCUT2D eigenvalue weighted by atomic mass is 9.99. The van der Waals surface area contributed by atoms with Crippen molar-refractivity contribution in [2.75, 3.05) is 19.8 Å². The number of piperidine rings is 1. The van der Waals surface area contributed by atoms with Crippen LogP contribution in [0.3, 0.4) is 0 Å². The molecule has 114 valence electrons. The quantitative estimate of drug-likeness (QED) is 0.840. The highest BCUT2D eigenvalue weighted by Crippen LogP contribution is 2.26. The predicted octanol–water partition coefficient (Wildman–Crippen LogP) is 2.67. The van der Waals surface area contributed by atoms with Crippen molar-refractivity contribution in [3.63, 3.8) is 0 Å². The summed E-state index contributed by atoms with van der Waals surface area (Å²) in [4.78, 5) is 14.8. The Hall–Kier alpha value is -1.39. The van der Waals surface area contributed by atoms with Gasteiger partial charge in [0, 0.05) is 12.1 Å². The summed E-state index contributed by atoms with van der Waals surface area (Å²) in [5.74, 6) is 0.102. The average molecular weight is 289 g/mol. The lowest BCUT2D eigenvalue weighted by molar-refractivity contribution is -0.100. The van der Waals surface area contributed by atoms with Crippen LogP contribution in [0.15, 0.2) is 18.2 Å². The number of benzene rings is 1. The molecule has 2 aliphatic heterocycles. The Morgan fingerprint density at radius 2 is 1.76 bits per heavy atom. The fraction of sp³-hybridized carbons (Fsp3) is 0.588. The van der Waals surface area contributed by atoms with Crippen LogP contribution in [0.25, 0.3) is 0 Å². The molecule has 0 N–H and O–H groups in total. The van der Waals surface area contributed by atoms with Crippen LogP contribution in [-0.4, -0.2) is 42.9 Å². The van der Waals surface area contributed by atoms with Crippen LogP contribution in [0, 0.1) is 13.8 Å². The third kappa shape index (κ3) is 3.11. The molecular weight excluding hydrogens is 266 g/mol. The second-order valence-electron chi connectivity index (χ2n) is 6.05. The van der Waals surface area contributed by atoms with Gasteiger partial charge < -0.3 is 14.4 Å². The highest BCUT2D eigenvalue weighted by Gasteiger charge is 2.36. The van der Waals surface area contributed by atoms with Gasteiger partial charge in [0.05, 0.1) is 19.3 Å². The molecule has 4 heteroatoms. The van der Waals surface area contributed by atoms with E-state index in [0.29, 0.717) is 13.2 Å². The Morgan fingerprint density at radius 3 is 2.43 bits per heavy atom. The third-order valence-electron chi connectivity index (χ3n) is 4.24. The molecule has 3 rings (SSSR count). The van der Waals surface area contributed by atoms with E-state index in [1.165, 1.54) is 0 Å². The Kier molecular flexibility index (Phi) is 4.27. The van der Waals surface area contributed by atoms with E-state index < -0.39 is 0 Å². The molecule has 2 saturated heterocycles. The van der Waals surface area contributed by atoms with Crippen LogP contribution in [0.5, 0.6) is 0 Å². The molecule has 0 saturated carbocycles. The van der Waals surface area contributed by atoms with E-state index in [2.05, 4.69) is 6.07 Å². The number of carbonyl (C=O) groups is 1. The Labute approximate surface area is 126 Å². The van der Waals surface area contributed by atoms with Crippen LogP contribution < -0.4 is 0 Å². The van der Waals surface area contributed by atoms with E-state index in [9.17, 15) is 4.79 Å². The standard InChI is InChI=1S/C17H23NO3/c1-12-9-13(2)11-14(10-12)16(19)18-6-4-3-5-15(18)17-20-7-8-21-17/h9-11,15,17H,3-8H2,1-2H3. The number of hydrogen-bond acceptors (Lipinski definition) is 3. The van der Waals surface area contributed by atoms with Gasteiger partial charge in [-0.15, -0.1) is 0 Å². The van der Waals surface area contributed by atoms with Crippen LogP contribution in [0.2, 0.25) is 0 Å². The van der Waals surface area contributed by atoms with E-state index in [1.54, 1.807) is 0 Å². The molecule has 2 aliphatic rings. The lowest BCUT2D eigenvalue weighted by Crippen LogP contribution is -2.50. The second kappa shape index (κ2) is 6.16. The van der Waals surface area contributed by atoms with E-state index in [1.807, 2.05) is 30.9 Å².